The third-order valence-electron chi connectivity index (χ3n) is 2.76. The molecule has 3 nitrogen and oxygen atoms in total. The van der Waals surface area contributed by atoms with E-state index < -0.39 is 0 Å². The first-order valence-corrected chi connectivity index (χ1v) is 5.46. The largest absolute Gasteiger partial charge is 0.508 e. The minimum absolute atomic E-state index is 0.107. The SMILES string of the molecule is CCc1cc(O)c(O)cc1-c1ccc(O)cc1. The Morgan fingerprint density at radius 1 is 0.882 bits per heavy atom. The highest BCUT2D eigenvalue weighted by atomic mass is 16.3. The molecule has 3 heteroatoms. The molecule has 2 rings (SSSR count). The van der Waals surface area contributed by atoms with Crippen LogP contribution >= 0.6 is 0 Å². The maximum absolute atomic E-state index is 9.54. The number of benzene rings is 2. The van der Waals surface area contributed by atoms with Gasteiger partial charge in [-0.2, -0.15) is 0 Å². The predicted molar refractivity (Wildman–Crippen MR) is 66.3 cm³/mol. The van der Waals surface area contributed by atoms with E-state index in [-0.39, 0.29) is 17.2 Å². The second-order valence-corrected chi connectivity index (χ2v) is 3.90. The Balaban J connectivity index is 2.57. The van der Waals surface area contributed by atoms with Gasteiger partial charge in [0, 0.05) is 0 Å². The van der Waals surface area contributed by atoms with Crippen LogP contribution in [-0.4, -0.2) is 15.3 Å². The van der Waals surface area contributed by atoms with Gasteiger partial charge in [0.1, 0.15) is 5.75 Å². The van der Waals surface area contributed by atoms with E-state index in [1.54, 1.807) is 36.4 Å². The van der Waals surface area contributed by atoms with Crippen molar-refractivity contribution in [1.82, 2.24) is 0 Å². The fourth-order valence-electron chi connectivity index (χ4n) is 1.82. The third kappa shape index (κ3) is 2.18. The fourth-order valence-corrected chi connectivity index (χ4v) is 1.82. The molecule has 0 radical (unpaired) electrons. The topological polar surface area (TPSA) is 60.7 Å². The van der Waals surface area contributed by atoms with E-state index in [0.29, 0.717) is 0 Å². The molecule has 2 aromatic carbocycles. The van der Waals surface area contributed by atoms with E-state index in [4.69, 9.17) is 0 Å². The van der Waals surface area contributed by atoms with Crippen LogP contribution in [0.5, 0.6) is 17.2 Å². The monoisotopic (exact) mass is 230 g/mol. The highest BCUT2D eigenvalue weighted by Crippen LogP contribution is 2.34. The first-order chi connectivity index (χ1) is 8.11. The summed E-state index contributed by atoms with van der Waals surface area (Å²) in [6.07, 6.45) is 0.754. The maximum Gasteiger partial charge on any atom is 0.158 e. The Morgan fingerprint density at radius 3 is 2.06 bits per heavy atom. The zero-order chi connectivity index (χ0) is 12.4. The number of hydrogen-bond acceptors (Lipinski definition) is 3. The minimum Gasteiger partial charge on any atom is -0.508 e. The molecule has 0 saturated heterocycles. The second-order valence-electron chi connectivity index (χ2n) is 3.90. The number of aryl methyl sites for hydroxylation is 1. The number of phenols is 3. The van der Waals surface area contributed by atoms with E-state index in [1.807, 2.05) is 6.92 Å². The first kappa shape index (κ1) is 11.3. The molecule has 0 aliphatic heterocycles. The molecule has 0 amide bonds. The molecule has 0 aliphatic carbocycles. The molecule has 88 valence electrons. The van der Waals surface area contributed by atoms with Crippen molar-refractivity contribution >= 4 is 0 Å². The Kier molecular flexibility index (Phi) is 2.91. The zero-order valence-corrected chi connectivity index (χ0v) is 9.51. The highest BCUT2D eigenvalue weighted by molar-refractivity contribution is 5.71. The minimum atomic E-state index is -0.134. The van der Waals surface area contributed by atoms with Crippen molar-refractivity contribution in [1.29, 1.82) is 0 Å². The Labute approximate surface area is 99.6 Å². The van der Waals surface area contributed by atoms with E-state index >= 15 is 0 Å². The van der Waals surface area contributed by atoms with Crippen molar-refractivity contribution in [2.24, 2.45) is 0 Å². The van der Waals surface area contributed by atoms with Crippen molar-refractivity contribution in [2.45, 2.75) is 13.3 Å². The zero-order valence-electron chi connectivity index (χ0n) is 9.51. The molecule has 0 spiro atoms. The molecule has 0 unspecified atom stereocenters. The molecule has 0 aliphatic rings. The molecule has 0 heterocycles. The number of phenolic OH excluding ortho intramolecular Hbond substituents is 3. The fraction of sp³-hybridized carbons (Fsp3) is 0.143. The van der Waals surface area contributed by atoms with Crippen molar-refractivity contribution < 1.29 is 15.3 Å². The molecule has 17 heavy (non-hydrogen) atoms. The molecule has 0 saturated carbocycles. The predicted octanol–water partition coefficient (Wildman–Crippen LogP) is 3.03. The van der Waals surface area contributed by atoms with Crippen LogP contribution < -0.4 is 0 Å². The van der Waals surface area contributed by atoms with Gasteiger partial charge >= 0.3 is 0 Å². The van der Waals surface area contributed by atoms with Crippen LogP contribution in [0.4, 0.5) is 0 Å². The quantitative estimate of drug-likeness (QED) is 0.695. The van der Waals surface area contributed by atoms with Crippen molar-refractivity contribution in [2.75, 3.05) is 0 Å². The lowest BCUT2D eigenvalue weighted by atomic mass is 9.97. The average Bonchev–Trinajstić information content (AvgIpc) is 2.33. The molecular formula is C14H14O3. The van der Waals surface area contributed by atoms with E-state index in [0.717, 1.165) is 23.1 Å². The summed E-state index contributed by atoms with van der Waals surface area (Å²) in [7, 11) is 0. The molecule has 0 aromatic heterocycles. The van der Waals surface area contributed by atoms with Crippen LogP contribution in [0.2, 0.25) is 0 Å². The molecule has 0 atom stereocenters. The summed E-state index contributed by atoms with van der Waals surface area (Å²) in [4.78, 5) is 0. The van der Waals surface area contributed by atoms with Crippen LogP contribution in [0.3, 0.4) is 0 Å². The lowest BCUT2D eigenvalue weighted by Gasteiger charge is -2.10. The normalized spacial score (nSPS) is 10.4. The average molecular weight is 230 g/mol. The second kappa shape index (κ2) is 4.37. The van der Waals surface area contributed by atoms with Gasteiger partial charge in [-0.3, -0.25) is 0 Å². The smallest absolute Gasteiger partial charge is 0.158 e. The first-order valence-electron chi connectivity index (χ1n) is 5.46. The van der Waals surface area contributed by atoms with Gasteiger partial charge in [0.05, 0.1) is 0 Å². The van der Waals surface area contributed by atoms with E-state index in [9.17, 15) is 15.3 Å². The van der Waals surface area contributed by atoms with Crippen LogP contribution in [0.15, 0.2) is 36.4 Å². The summed E-state index contributed by atoms with van der Waals surface area (Å²) in [5, 5.41) is 28.2. The van der Waals surface area contributed by atoms with Crippen LogP contribution in [0, 0.1) is 0 Å². The summed E-state index contributed by atoms with van der Waals surface area (Å²) in [6.45, 7) is 1.98. The van der Waals surface area contributed by atoms with Crippen LogP contribution in [0.25, 0.3) is 11.1 Å². The van der Waals surface area contributed by atoms with Crippen LogP contribution in [-0.2, 0) is 6.42 Å². The standard InChI is InChI=1S/C14H14O3/c1-2-9-7-13(16)14(17)8-12(9)10-3-5-11(15)6-4-10/h3-8,15-17H,2H2,1H3. The molecule has 0 fully saturated rings. The number of hydrogen-bond donors (Lipinski definition) is 3. The molecular weight excluding hydrogens is 216 g/mol. The lowest BCUT2D eigenvalue weighted by Crippen LogP contribution is -1.88. The van der Waals surface area contributed by atoms with Gasteiger partial charge in [-0.25, -0.2) is 0 Å². The highest BCUT2D eigenvalue weighted by Gasteiger charge is 2.09. The maximum atomic E-state index is 9.54. The number of rotatable bonds is 2. The third-order valence-corrected chi connectivity index (χ3v) is 2.76. The van der Waals surface area contributed by atoms with Gasteiger partial charge in [-0.05, 0) is 47.4 Å². The summed E-state index contributed by atoms with van der Waals surface area (Å²) >= 11 is 0. The van der Waals surface area contributed by atoms with Crippen molar-refractivity contribution in [3.63, 3.8) is 0 Å². The van der Waals surface area contributed by atoms with E-state index in [1.165, 1.54) is 0 Å². The van der Waals surface area contributed by atoms with Crippen molar-refractivity contribution in [3.8, 4) is 28.4 Å². The lowest BCUT2D eigenvalue weighted by molar-refractivity contribution is 0.403. The van der Waals surface area contributed by atoms with Gasteiger partial charge in [-0.15, -0.1) is 0 Å². The van der Waals surface area contributed by atoms with E-state index in [2.05, 4.69) is 0 Å². The van der Waals surface area contributed by atoms with Gasteiger partial charge in [0.2, 0.25) is 0 Å². The van der Waals surface area contributed by atoms with Crippen LogP contribution in [0.1, 0.15) is 12.5 Å². The summed E-state index contributed by atoms with van der Waals surface area (Å²) in [6, 6.07) is 9.86. The van der Waals surface area contributed by atoms with Crippen molar-refractivity contribution in [3.05, 3.63) is 42.0 Å². The molecule has 2 aromatic rings. The summed E-state index contributed by atoms with van der Waals surface area (Å²) in [5.74, 6) is -0.0375. The van der Waals surface area contributed by atoms with Gasteiger partial charge in [0.15, 0.2) is 11.5 Å². The Morgan fingerprint density at radius 2 is 1.47 bits per heavy atom. The van der Waals surface area contributed by atoms with Gasteiger partial charge < -0.3 is 15.3 Å². The number of aromatic hydroxyl groups is 3. The Bertz CT molecular complexity index is 530. The molecule has 0 bridgehead atoms. The van der Waals surface area contributed by atoms with Gasteiger partial charge in [0.25, 0.3) is 0 Å². The Hall–Kier alpha value is -2.16. The summed E-state index contributed by atoms with van der Waals surface area (Å²) < 4.78 is 0. The molecule has 3 N–H and O–H groups in total. The summed E-state index contributed by atoms with van der Waals surface area (Å²) in [5.41, 5.74) is 2.71. The van der Waals surface area contributed by atoms with Gasteiger partial charge in [-0.1, -0.05) is 19.1 Å².